The van der Waals surface area contributed by atoms with E-state index in [0.29, 0.717) is 36.2 Å². The normalized spacial score (nSPS) is 12.3. The van der Waals surface area contributed by atoms with Crippen LogP contribution < -0.4 is 20.1 Å². The molecule has 28 heavy (non-hydrogen) atoms. The summed E-state index contributed by atoms with van der Waals surface area (Å²) < 4.78 is 11.0. The van der Waals surface area contributed by atoms with E-state index in [4.69, 9.17) is 9.47 Å². The number of aryl methyl sites for hydroxylation is 1. The maximum atomic E-state index is 11.7. The molecule has 10 nitrogen and oxygen atoms in total. The highest BCUT2D eigenvalue weighted by atomic mass is 16.6. The first kappa shape index (κ1) is 17.5. The summed E-state index contributed by atoms with van der Waals surface area (Å²) in [6.45, 7) is 2.83. The number of nitrogens with zero attached hydrogens (tertiary/aromatic N) is 4. The molecule has 0 fully saturated rings. The fourth-order valence-electron chi connectivity index (χ4n) is 2.66. The van der Waals surface area contributed by atoms with Crippen molar-refractivity contribution in [2.75, 3.05) is 23.8 Å². The van der Waals surface area contributed by atoms with Crippen LogP contribution in [0.2, 0.25) is 0 Å². The van der Waals surface area contributed by atoms with Crippen LogP contribution in [0.3, 0.4) is 0 Å². The SMILES string of the molecule is Cc1ccc(Nc2ncnc(Nc3ccc4c(c3)OCCO4)c2[N+](=O)[O-])nc1. The predicted octanol–water partition coefficient (Wildman–Crippen LogP) is 3.35. The first-order chi connectivity index (χ1) is 13.6. The minimum atomic E-state index is -0.545. The number of nitrogens with one attached hydrogen (secondary N) is 2. The summed E-state index contributed by atoms with van der Waals surface area (Å²) in [6.07, 6.45) is 2.90. The molecular weight excluding hydrogens is 364 g/mol. The van der Waals surface area contributed by atoms with Crippen LogP contribution in [0.25, 0.3) is 0 Å². The van der Waals surface area contributed by atoms with Gasteiger partial charge in [0.25, 0.3) is 0 Å². The number of nitro groups is 1. The average Bonchev–Trinajstić information content (AvgIpc) is 2.69. The van der Waals surface area contributed by atoms with Crippen molar-refractivity contribution in [3.8, 4) is 11.5 Å². The van der Waals surface area contributed by atoms with E-state index >= 15 is 0 Å². The van der Waals surface area contributed by atoms with Gasteiger partial charge in [0.1, 0.15) is 25.4 Å². The van der Waals surface area contributed by atoms with Crippen molar-refractivity contribution < 1.29 is 14.4 Å². The van der Waals surface area contributed by atoms with Crippen molar-refractivity contribution in [2.45, 2.75) is 6.92 Å². The van der Waals surface area contributed by atoms with Crippen molar-refractivity contribution in [3.63, 3.8) is 0 Å². The van der Waals surface area contributed by atoms with E-state index in [0.717, 1.165) is 5.56 Å². The Hall–Kier alpha value is -3.95. The number of rotatable bonds is 5. The molecule has 0 unspecified atom stereocenters. The molecule has 1 aromatic carbocycles. The Morgan fingerprint density at radius 2 is 1.75 bits per heavy atom. The van der Waals surface area contributed by atoms with Gasteiger partial charge in [0.05, 0.1) is 4.92 Å². The fraction of sp³-hybridized carbons (Fsp3) is 0.167. The maximum absolute atomic E-state index is 11.7. The van der Waals surface area contributed by atoms with Gasteiger partial charge in [0, 0.05) is 18.0 Å². The lowest BCUT2D eigenvalue weighted by atomic mass is 10.2. The zero-order valence-electron chi connectivity index (χ0n) is 14.9. The van der Waals surface area contributed by atoms with E-state index < -0.39 is 4.92 Å². The molecule has 0 aliphatic carbocycles. The Morgan fingerprint density at radius 1 is 1.00 bits per heavy atom. The Balaban J connectivity index is 1.65. The number of ether oxygens (including phenoxy) is 2. The Labute approximate surface area is 159 Å². The lowest BCUT2D eigenvalue weighted by Crippen LogP contribution is -2.15. The van der Waals surface area contributed by atoms with Gasteiger partial charge in [-0.25, -0.2) is 15.0 Å². The molecule has 10 heteroatoms. The summed E-state index contributed by atoms with van der Waals surface area (Å²) in [4.78, 5) is 23.4. The maximum Gasteiger partial charge on any atom is 0.353 e. The molecule has 0 bridgehead atoms. The second kappa shape index (κ2) is 7.35. The van der Waals surface area contributed by atoms with E-state index in [1.807, 2.05) is 13.0 Å². The number of anilines is 4. The van der Waals surface area contributed by atoms with Crippen molar-refractivity contribution in [3.05, 3.63) is 58.5 Å². The van der Waals surface area contributed by atoms with Crippen LogP contribution in [-0.4, -0.2) is 33.1 Å². The fourth-order valence-corrected chi connectivity index (χ4v) is 2.66. The molecule has 0 saturated heterocycles. The summed E-state index contributed by atoms with van der Waals surface area (Å²) in [7, 11) is 0. The molecule has 0 radical (unpaired) electrons. The van der Waals surface area contributed by atoms with E-state index in [1.165, 1.54) is 6.33 Å². The smallest absolute Gasteiger partial charge is 0.353 e. The van der Waals surface area contributed by atoms with Crippen molar-refractivity contribution in [2.24, 2.45) is 0 Å². The summed E-state index contributed by atoms with van der Waals surface area (Å²) >= 11 is 0. The second-order valence-corrected chi connectivity index (χ2v) is 6.01. The van der Waals surface area contributed by atoms with Crippen molar-refractivity contribution in [1.82, 2.24) is 15.0 Å². The van der Waals surface area contributed by atoms with Gasteiger partial charge in [0.15, 0.2) is 11.5 Å². The van der Waals surface area contributed by atoms with Crippen LogP contribution in [0.4, 0.5) is 28.8 Å². The topological polar surface area (TPSA) is 124 Å². The van der Waals surface area contributed by atoms with Gasteiger partial charge in [0.2, 0.25) is 11.6 Å². The lowest BCUT2D eigenvalue weighted by Gasteiger charge is -2.19. The van der Waals surface area contributed by atoms with E-state index in [1.54, 1.807) is 30.5 Å². The third kappa shape index (κ3) is 3.61. The molecule has 3 aromatic rings. The molecule has 0 saturated carbocycles. The third-order valence-corrected chi connectivity index (χ3v) is 3.97. The second-order valence-electron chi connectivity index (χ2n) is 6.01. The largest absolute Gasteiger partial charge is 0.486 e. The van der Waals surface area contributed by atoms with Gasteiger partial charge in [-0.15, -0.1) is 0 Å². The van der Waals surface area contributed by atoms with Crippen LogP contribution in [0.1, 0.15) is 5.56 Å². The molecule has 0 amide bonds. The van der Waals surface area contributed by atoms with E-state index in [9.17, 15) is 10.1 Å². The van der Waals surface area contributed by atoms with Crippen LogP contribution in [0.15, 0.2) is 42.9 Å². The first-order valence-electron chi connectivity index (χ1n) is 8.46. The number of pyridine rings is 1. The van der Waals surface area contributed by atoms with Crippen LogP contribution in [0, 0.1) is 17.0 Å². The Bertz CT molecular complexity index is 1030. The summed E-state index contributed by atoms with van der Waals surface area (Å²) in [6, 6.07) is 8.73. The van der Waals surface area contributed by atoms with Gasteiger partial charge in [-0.3, -0.25) is 10.1 Å². The van der Waals surface area contributed by atoms with Crippen LogP contribution in [-0.2, 0) is 0 Å². The van der Waals surface area contributed by atoms with Gasteiger partial charge in [-0.2, -0.15) is 0 Å². The Morgan fingerprint density at radius 3 is 2.46 bits per heavy atom. The van der Waals surface area contributed by atoms with Crippen molar-refractivity contribution >= 4 is 28.8 Å². The molecule has 1 aliphatic heterocycles. The molecular formula is C18H16N6O4. The zero-order valence-corrected chi connectivity index (χ0v) is 14.9. The predicted molar refractivity (Wildman–Crippen MR) is 102 cm³/mol. The summed E-state index contributed by atoms with van der Waals surface area (Å²) in [5.74, 6) is 1.72. The van der Waals surface area contributed by atoms with Gasteiger partial charge >= 0.3 is 5.69 Å². The van der Waals surface area contributed by atoms with E-state index in [-0.39, 0.29) is 17.3 Å². The number of fused-ring (bicyclic) bond motifs is 1. The molecule has 4 rings (SSSR count). The molecule has 2 aromatic heterocycles. The lowest BCUT2D eigenvalue weighted by molar-refractivity contribution is -0.383. The van der Waals surface area contributed by atoms with Gasteiger partial charge < -0.3 is 20.1 Å². The minimum absolute atomic E-state index is 0.0383. The van der Waals surface area contributed by atoms with Crippen LogP contribution in [0.5, 0.6) is 11.5 Å². The quantitative estimate of drug-likeness (QED) is 0.506. The average molecular weight is 380 g/mol. The highest BCUT2D eigenvalue weighted by Crippen LogP contribution is 2.36. The highest BCUT2D eigenvalue weighted by Gasteiger charge is 2.24. The highest BCUT2D eigenvalue weighted by molar-refractivity contribution is 5.76. The molecule has 3 heterocycles. The van der Waals surface area contributed by atoms with Crippen molar-refractivity contribution in [1.29, 1.82) is 0 Å². The van der Waals surface area contributed by atoms with E-state index in [2.05, 4.69) is 25.6 Å². The molecule has 0 atom stereocenters. The van der Waals surface area contributed by atoms with Gasteiger partial charge in [-0.1, -0.05) is 6.07 Å². The molecule has 142 valence electrons. The zero-order chi connectivity index (χ0) is 19.5. The molecule has 0 spiro atoms. The molecule has 1 aliphatic rings. The molecule has 2 N–H and O–H groups in total. The number of benzene rings is 1. The Kier molecular flexibility index (Phi) is 4.58. The summed E-state index contributed by atoms with van der Waals surface area (Å²) in [5, 5.41) is 17.5. The minimum Gasteiger partial charge on any atom is -0.486 e. The van der Waals surface area contributed by atoms with Crippen LogP contribution >= 0.6 is 0 Å². The number of hydrogen-bond acceptors (Lipinski definition) is 9. The monoisotopic (exact) mass is 380 g/mol. The summed E-state index contributed by atoms with van der Waals surface area (Å²) in [5.41, 5.74) is 1.26. The standard InChI is InChI=1S/C18H16N6O4/c1-11-2-5-15(19-9-11)23-18-16(24(25)26)17(20-10-21-18)22-12-3-4-13-14(8-12)28-7-6-27-13/h2-5,8-10H,6-7H2,1H3,(H2,19,20,21,22,23). The first-order valence-corrected chi connectivity index (χ1v) is 8.46. The number of aromatic nitrogens is 3. The van der Waals surface area contributed by atoms with Gasteiger partial charge in [-0.05, 0) is 30.7 Å². The number of hydrogen-bond donors (Lipinski definition) is 2. The third-order valence-electron chi connectivity index (χ3n) is 3.97.